The van der Waals surface area contributed by atoms with Crippen LogP contribution in [-0.4, -0.2) is 42.7 Å². The summed E-state index contributed by atoms with van der Waals surface area (Å²) in [4.78, 5) is 14.4. The van der Waals surface area contributed by atoms with Crippen LogP contribution in [0, 0.1) is 5.82 Å². The van der Waals surface area contributed by atoms with Crippen molar-refractivity contribution in [1.82, 2.24) is 4.90 Å². The minimum absolute atomic E-state index is 0.0337. The Labute approximate surface area is 164 Å². The zero-order valence-corrected chi connectivity index (χ0v) is 16.3. The number of benzene rings is 3. The molecule has 3 aromatic carbocycles. The van der Waals surface area contributed by atoms with Crippen LogP contribution in [0.25, 0.3) is 21.9 Å². The molecule has 3 rings (SSSR count). The van der Waals surface area contributed by atoms with Crippen molar-refractivity contribution in [3.63, 3.8) is 0 Å². The Morgan fingerprint density at radius 1 is 1.14 bits per heavy atom. The van der Waals surface area contributed by atoms with Gasteiger partial charge in [0, 0.05) is 30.8 Å². The normalized spacial score (nSPS) is 12.0. The summed E-state index contributed by atoms with van der Waals surface area (Å²) < 4.78 is 19.7. The maximum atomic E-state index is 14.5. The van der Waals surface area contributed by atoms with E-state index in [0.29, 0.717) is 23.3 Å². The number of rotatable bonds is 6. The van der Waals surface area contributed by atoms with Crippen molar-refractivity contribution in [2.24, 2.45) is 0 Å². The second-order valence-corrected chi connectivity index (χ2v) is 6.86. The van der Waals surface area contributed by atoms with Crippen LogP contribution in [-0.2, 0) is 0 Å². The van der Waals surface area contributed by atoms with Gasteiger partial charge in [0.25, 0.3) is 5.91 Å². The van der Waals surface area contributed by atoms with Crippen molar-refractivity contribution in [2.45, 2.75) is 19.4 Å². The Morgan fingerprint density at radius 2 is 1.93 bits per heavy atom. The average molecular weight is 381 g/mol. The molecule has 0 spiro atoms. The van der Waals surface area contributed by atoms with Crippen LogP contribution >= 0.6 is 0 Å². The predicted octanol–water partition coefficient (Wildman–Crippen LogP) is 4.50. The number of hydrogen-bond acceptors (Lipinski definition) is 3. The van der Waals surface area contributed by atoms with E-state index in [4.69, 9.17) is 9.84 Å². The zero-order valence-electron chi connectivity index (χ0n) is 16.3. The molecule has 0 fully saturated rings. The van der Waals surface area contributed by atoms with Crippen LogP contribution in [0.1, 0.15) is 23.7 Å². The van der Waals surface area contributed by atoms with E-state index in [1.165, 1.54) is 6.07 Å². The molecule has 146 valence electrons. The fourth-order valence-electron chi connectivity index (χ4n) is 3.27. The summed E-state index contributed by atoms with van der Waals surface area (Å²) in [6.45, 7) is 1.94. The SMILES string of the molecule is COc1ccc(F)c(-c2cccc3cc(C(=O)N(C)C(C)CCO)ccc23)c1. The average Bonchev–Trinajstić information content (AvgIpc) is 2.72. The van der Waals surface area contributed by atoms with Gasteiger partial charge in [-0.15, -0.1) is 0 Å². The summed E-state index contributed by atoms with van der Waals surface area (Å²) in [5, 5.41) is 10.8. The van der Waals surface area contributed by atoms with Gasteiger partial charge < -0.3 is 14.7 Å². The molecule has 28 heavy (non-hydrogen) atoms. The smallest absolute Gasteiger partial charge is 0.253 e. The number of carbonyl (C=O) groups is 1. The van der Waals surface area contributed by atoms with Gasteiger partial charge in [-0.2, -0.15) is 0 Å². The van der Waals surface area contributed by atoms with Gasteiger partial charge in [-0.1, -0.05) is 24.3 Å². The van der Waals surface area contributed by atoms with E-state index in [9.17, 15) is 9.18 Å². The highest BCUT2D eigenvalue weighted by atomic mass is 19.1. The summed E-state index contributed by atoms with van der Waals surface area (Å²) in [5.74, 6) is 0.145. The van der Waals surface area contributed by atoms with E-state index in [1.54, 1.807) is 37.3 Å². The van der Waals surface area contributed by atoms with Gasteiger partial charge in [-0.05, 0) is 60.0 Å². The standard InChI is InChI=1S/C23H24FNO3/c1-15(11-12-26)25(2)23(27)17-7-9-19-16(13-17)5-4-6-20(19)21-14-18(28-3)8-10-22(21)24/h4-10,13-15,26H,11-12H2,1-3H3. The molecule has 0 radical (unpaired) electrons. The van der Waals surface area contributed by atoms with Crippen molar-refractivity contribution in [1.29, 1.82) is 0 Å². The van der Waals surface area contributed by atoms with E-state index in [2.05, 4.69) is 0 Å². The second-order valence-electron chi connectivity index (χ2n) is 6.86. The van der Waals surface area contributed by atoms with Gasteiger partial charge in [-0.25, -0.2) is 4.39 Å². The maximum absolute atomic E-state index is 14.5. The fourth-order valence-corrected chi connectivity index (χ4v) is 3.27. The number of fused-ring (bicyclic) bond motifs is 1. The number of carbonyl (C=O) groups excluding carboxylic acids is 1. The number of aliphatic hydroxyl groups is 1. The van der Waals surface area contributed by atoms with Crippen LogP contribution in [0.2, 0.25) is 0 Å². The van der Waals surface area contributed by atoms with E-state index in [-0.39, 0.29) is 24.4 Å². The van der Waals surface area contributed by atoms with Crippen LogP contribution in [0.4, 0.5) is 4.39 Å². The van der Waals surface area contributed by atoms with Crippen LogP contribution in [0.5, 0.6) is 5.75 Å². The molecular weight excluding hydrogens is 357 g/mol. The van der Waals surface area contributed by atoms with Crippen LogP contribution in [0.15, 0.2) is 54.6 Å². The molecule has 0 aliphatic carbocycles. The van der Waals surface area contributed by atoms with Crippen molar-refractivity contribution in [2.75, 3.05) is 20.8 Å². The molecule has 1 atom stereocenters. The molecule has 1 amide bonds. The van der Waals surface area contributed by atoms with Crippen molar-refractivity contribution < 1.29 is 19.0 Å². The number of nitrogens with zero attached hydrogens (tertiary/aromatic N) is 1. The summed E-state index contributed by atoms with van der Waals surface area (Å²) in [5.41, 5.74) is 1.76. The number of halogens is 1. The summed E-state index contributed by atoms with van der Waals surface area (Å²) in [6, 6.07) is 15.6. The first-order valence-electron chi connectivity index (χ1n) is 9.21. The minimum Gasteiger partial charge on any atom is -0.497 e. The Morgan fingerprint density at radius 3 is 2.64 bits per heavy atom. The van der Waals surface area contributed by atoms with Crippen molar-refractivity contribution in [3.05, 3.63) is 66.0 Å². The summed E-state index contributed by atoms with van der Waals surface area (Å²) in [6.07, 6.45) is 0.523. The highest BCUT2D eigenvalue weighted by molar-refractivity contribution is 6.02. The molecule has 5 heteroatoms. The van der Waals surface area contributed by atoms with Gasteiger partial charge in [0.05, 0.1) is 7.11 Å². The van der Waals surface area contributed by atoms with E-state index >= 15 is 0 Å². The van der Waals surface area contributed by atoms with Gasteiger partial charge in [0.2, 0.25) is 0 Å². The number of aliphatic hydroxyl groups excluding tert-OH is 1. The topological polar surface area (TPSA) is 49.8 Å². The summed E-state index contributed by atoms with van der Waals surface area (Å²) >= 11 is 0. The van der Waals surface area contributed by atoms with Crippen molar-refractivity contribution >= 4 is 16.7 Å². The van der Waals surface area contributed by atoms with Gasteiger partial charge >= 0.3 is 0 Å². The number of ether oxygens (including phenoxy) is 1. The molecular formula is C23H24FNO3. The molecule has 0 aliphatic heterocycles. The molecule has 0 saturated heterocycles. The first-order valence-corrected chi connectivity index (χ1v) is 9.21. The van der Waals surface area contributed by atoms with Crippen molar-refractivity contribution in [3.8, 4) is 16.9 Å². The molecule has 0 aliphatic rings. The highest BCUT2D eigenvalue weighted by Crippen LogP contribution is 2.33. The van der Waals surface area contributed by atoms with E-state index in [1.807, 2.05) is 37.3 Å². The largest absolute Gasteiger partial charge is 0.497 e. The minimum atomic E-state index is -0.328. The Bertz CT molecular complexity index is 1000. The summed E-state index contributed by atoms with van der Waals surface area (Å²) in [7, 11) is 3.28. The van der Waals surface area contributed by atoms with Gasteiger partial charge in [0.1, 0.15) is 11.6 Å². The lowest BCUT2D eigenvalue weighted by Crippen LogP contribution is -2.35. The third kappa shape index (κ3) is 3.85. The van der Waals surface area contributed by atoms with Crippen LogP contribution < -0.4 is 4.74 Å². The molecule has 1 unspecified atom stereocenters. The molecule has 0 heterocycles. The van der Waals surface area contributed by atoms with Gasteiger partial charge in [-0.3, -0.25) is 4.79 Å². The Balaban J connectivity index is 2.03. The fraction of sp³-hybridized carbons (Fsp3) is 0.261. The maximum Gasteiger partial charge on any atom is 0.253 e. The third-order valence-electron chi connectivity index (χ3n) is 5.12. The lowest BCUT2D eigenvalue weighted by atomic mass is 9.96. The first-order chi connectivity index (χ1) is 13.5. The number of hydrogen-bond donors (Lipinski definition) is 1. The predicted molar refractivity (Wildman–Crippen MR) is 109 cm³/mol. The molecule has 0 saturated carbocycles. The Hall–Kier alpha value is -2.92. The molecule has 0 bridgehead atoms. The first kappa shape index (κ1) is 19.8. The third-order valence-corrected chi connectivity index (χ3v) is 5.12. The monoisotopic (exact) mass is 381 g/mol. The van der Waals surface area contributed by atoms with Crippen LogP contribution in [0.3, 0.4) is 0 Å². The zero-order chi connectivity index (χ0) is 20.3. The molecule has 0 aromatic heterocycles. The van der Waals surface area contributed by atoms with E-state index in [0.717, 1.165) is 16.3 Å². The molecule has 3 aromatic rings. The highest BCUT2D eigenvalue weighted by Gasteiger charge is 2.18. The quantitative estimate of drug-likeness (QED) is 0.684. The number of methoxy groups -OCH3 is 1. The van der Waals surface area contributed by atoms with Gasteiger partial charge in [0.15, 0.2) is 0 Å². The Kier molecular flexibility index (Phi) is 5.95. The second kappa shape index (κ2) is 8.40. The molecule has 4 nitrogen and oxygen atoms in total. The lowest BCUT2D eigenvalue weighted by molar-refractivity contribution is 0.0722. The molecule has 1 N–H and O–H groups in total. The number of amides is 1. The van der Waals surface area contributed by atoms with E-state index < -0.39 is 0 Å². The lowest BCUT2D eigenvalue weighted by Gasteiger charge is -2.24.